The Hall–Kier alpha value is -0.787. The van der Waals surface area contributed by atoms with Crippen LogP contribution in [0.1, 0.15) is 39.5 Å². The Bertz CT molecular complexity index is 285. The summed E-state index contributed by atoms with van der Waals surface area (Å²) in [4.78, 5) is 0. The van der Waals surface area contributed by atoms with Crippen LogP contribution in [-0.2, 0) is 19.5 Å². The molecule has 0 aliphatic heterocycles. The van der Waals surface area contributed by atoms with Gasteiger partial charge in [-0.05, 0) is 25.7 Å². The fourth-order valence-corrected chi connectivity index (χ4v) is 0.874. The summed E-state index contributed by atoms with van der Waals surface area (Å²) in [6.45, 7) is 2.86. The molecule has 1 aliphatic carbocycles. The second-order valence-corrected chi connectivity index (χ2v) is 3.72. The first-order chi connectivity index (χ1) is 8.83. The summed E-state index contributed by atoms with van der Waals surface area (Å²) >= 11 is 0. The zero-order chi connectivity index (χ0) is 15.6. The third kappa shape index (κ3) is 87.0. The number of halogens is 1. The predicted molar refractivity (Wildman–Crippen MR) is 59.3 cm³/mol. The molecule has 1 aliphatic rings. The van der Waals surface area contributed by atoms with E-state index in [2.05, 4.69) is 24.3 Å². The predicted octanol–water partition coefficient (Wildman–Crippen LogP) is -1.03. The maximum atomic E-state index is 8.49. The summed E-state index contributed by atoms with van der Waals surface area (Å²) in [7, 11) is -4.94. The Labute approximate surface area is 135 Å². The number of rotatable bonds is 0. The first-order valence-electron chi connectivity index (χ1n) is 5.38. The summed E-state index contributed by atoms with van der Waals surface area (Å²) in [5.41, 5.74) is 0. The van der Waals surface area contributed by atoms with E-state index < -0.39 is 10.2 Å². The van der Waals surface area contributed by atoms with Crippen LogP contribution in [0.5, 0.6) is 0 Å². The summed E-state index contributed by atoms with van der Waals surface area (Å²) in [5, 5.41) is 14.6. The van der Waals surface area contributed by atoms with E-state index in [0.29, 0.717) is 0 Å². The van der Waals surface area contributed by atoms with Gasteiger partial charge < -0.3 is 0 Å². The molecular formula is C12H18ClN2O4Rh-. The van der Waals surface area contributed by atoms with Gasteiger partial charge in [0, 0.05) is 33.3 Å². The van der Waals surface area contributed by atoms with Crippen LogP contribution in [0.4, 0.5) is 0 Å². The molecule has 0 N–H and O–H groups in total. The molecule has 1 radical (unpaired) electrons. The second-order valence-electron chi connectivity index (χ2n) is 2.97. The Morgan fingerprint density at radius 2 is 1.05 bits per heavy atom. The summed E-state index contributed by atoms with van der Waals surface area (Å²) in [5.74, 6) is 0. The normalized spacial score (nSPS) is 11.8. The van der Waals surface area contributed by atoms with Crippen LogP contribution >= 0.6 is 0 Å². The smallest absolute Gasteiger partial charge is 0.0587 e. The van der Waals surface area contributed by atoms with E-state index in [-0.39, 0.29) is 19.5 Å². The van der Waals surface area contributed by atoms with E-state index in [4.69, 9.17) is 29.2 Å². The van der Waals surface area contributed by atoms with Gasteiger partial charge in [0.25, 0.3) is 0 Å². The third-order valence-corrected chi connectivity index (χ3v) is 1.37. The van der Waals surface area contributed by atoms with Gasteiger partial charge in [-0.3, -0.25) is 0 Å². The van der Waals surface area contributed by atoms with Crippen LogP contribution in [-0.4, -0.2) is 0 Å². The molecule has 0 saturated carbocycles. The van der Waals surface area contributed by atoms with E-state index in [1.165, 1.54) is 39.5 Å². The first-order valence-corrected chi connectivity index (χ1v) is 6.62. The van der Waals surface area contributed by atoms with Gasteiger partial charge in [-0.25, -0.2) is 18.6 Å². The van der Waals surface area contributed by atoms with Gasteiger partial charge in [-0.15, -0.1) is 10.2 Å². The van der Waals surface area contributed by atoms with Gasteiger partial charge in [0.2, 0.25) is 0 Å². The molecular weight excluding hydrogens is 375 g/mol. The average molecular weight is 393 g/mol. The van der Waals surface area contributed by atoms with Gasteiger partial charge in [-0.1, -0.05) is 24.3 Å². The van der Waals surface area contributed by atoms with E-state index in [0.717, 1.165) is 0 Å². The molecule has 8 heteroatoms. The van der Waals surface area contributed by atoms with Crippen molar-refractivity contribution in [3.05, 3.63) is 24.3 Å². The summed E-state index contributed by atoms with van der Waals surface area (Å²) in [6, 6.07) is 3.50. The van der Waals surface area contributed by atoms with Crippen molar-refractivity contribution < 1.29 is 48.4 Å². The molecule has 0 aromatic carbocycles. The number of nitrogens with zero attached hydrogens (tertiary/aromatic N) is 2. The molecule has 117 valence electrons. The zero-order valence-corrected chi connectivity index (χ0v) is 13.8. The molecule has 0 atom stereocenters. The van der Waals surface area contributed by atoms with E-state index in [9.17, 15) is 0 Å². The number of nitriles is 2. The number of allylic oxidation sites excluding steroid dienone is 4. The molecule has 1 rings (SSSR count). The Morgan fingerprint density at radius 3 is 1.25 bits per heavy atom. The van der Waals surface area contributed by atoms with Gasteiger partial charge >= 0.3 is 0 Å². The van der Waals surface area contributed by atoms with Crippen LogP contribution in [0.25, 0.3) is 0 Å². The molecule has 0 heterocycles. The number of hydrogen-bond acceptors (Lipinski definition) is 6. The Morgan fingerprint density at radius 1 is 0.850 bits per heavy atom. The van der Waals surface area contributed by atoms with Crippen LogP contribution < -0.4 is 18.6 Å². The molecule has 0 saturated heterocycles. The maximum Gasteiger partial charge on any atom is 0.0587 e. The van der Waals surface area contributed by atoms with Crippen molar-refractivity contribution in [1.82, 2.24) is 0 Å². The number of hydrogen-bond donors (Lipinski definition) is 0. The van der Waals surface area contributed by atoms with E-state index in [1.807, 2.05) is 0 Å². The molecule has 6 nitrogen and oxygen atoms in total. The Balaban J connectivity index is -0.0000000935. The first kappa shape index (κ1) is 27.5. The SMILES string of the molecule is C1=CCCCCC=C1.CC#N.CC#N.[O-][Cl+3]([O-])([O-])[O-].[Rh]. The van der Waals surface area contributed by atoms with Crippen LogP contribution in [0, 0.1) is 32.9 Å². The minimum absolute atomic E-state index is 0. The molecule has 0 fully saturated rings. The van der Waals surface area contributed by atoms with Crippen molar-refractivity contribution in [1.29, 1.82) is 10.5 Å². The zero-order valence-electron chi connectivity index (χ0n) is 11.4. The second kappa shape index (κ2) is 23.3. The molecule has 0 aromatic heterocycles. The molecule has 0 unspecified atom stereocenters. The van der Waals surface area contributed by atoms with Crippen molar-refractivity contribution in [3.8, 4) is 12.1 Å². The topological polar surface area (TPSA) is 140 Å². The van der Waals surface area contributed by atoms with Gasteiger partial charge in [0.15, 0.2) is 0 Å². The summed E-state index contributed by atoms with van der Waals surface area (Å²) < 4.78 is 34.0. The fourth-order valence-electron chi connectivity index (χ4n) is 0.874. The standard InChI is InChI=1S/C8H12.2C2H3N.ClHO4.Rh/c1-2-4-6-8-7-5-3-1;2*1-2-3;2-1(3,4)5;/h1-4H,5-8H2;2*1H3;(H,2,3,4,5);/p-1. The van der Waals surface area contributed by atoms with Gasteiger partial charge in [0.1, 0.15) is 0 Å². The quantitative estimate of drug-likeness (QED) is 0.483. The fraction of sp³-hybridized carbons (Fsp3) is 0.500. The van der Waals surface area contributed by atoms with Gasteiger partial charge in [0.05, 0.1) is 12.1 Å². The van der Waals surface area contributed by atoms with Crippen molar-refractivity contribution in [2.75, 3.05) is 0 Å². The average Bonchev–Trinajstić information content (AvgIpc) is 2.15. The van der Waals surface area contributed by atoms with Crippen LogP contribution in [0.3, 0.4) is 0 Å². The minimum atomic E-state index is -4.94. The van der Waals surface area contributed by atoms with Crippen molar-refractivity contribution in [2.24, 2.45) is 0 Å². The Kier molecular flexibility index (Phi) is 32.1. The van der Waals surface area contributed by atoms with E-state index in [1.54, 1.807) is 12.1 Å². The van der Waals surface area contributed by atoms with Crippen LogP contribution in [0.2, 0.25) is 0 Å². The molecule has 0 aromatic rings. The maximum absolute atomic E-state index is 8.49. The van der Waals surface area contributed by atoms with Crippen molar-refractivity contribution >= 4 is 0 Å². The molecule has 0 bridgehead atoms. The summed E-state index contributed by atoms with van der Waals surface area (Å²) in [6.07, 6.45) is 14.0. The monoisotopic (exact) mass is 392 g/mol. The molecule has 0 spiro atoms. The van der Waals surface area contributed by atoms with Gasteiger partial charge in [-0.2, -0.15) is 10.5 Å². The largest absolute Gasteiger partial charge is 0.222 e. The molecule has 20 heavy (non-hydrogen) atoms. The minimum Gasteiger partial charge on any atom is -0.222 e. The van der Waals surface area contributed by atoms with Crippen LogP contribution in [0.15, 0.2) is 24.3 Å². The van der Waals surface area contributed by atoms with E-state index >= 15 is 0 Å². The molecule has 0 amide bonds. The van der Waals surface area contributed by atoms with Crippen molar-refractivity contribution in [2.45, 2.75) is 39.5 Å². The van der Waals surface area contributed by atoms with Crippen molar-refractivity contribution in [3.63, 3.8) is 0 Å². The third-order valence-electron chi connectivity index (χ3n) is 1.37.